The molecule has 2 aromatic carbocycles. The maximum Gasteiger partial charge on any atom is 0.238 e. The summed E-state index contributed by atoms with van der Waals surface area (Å²) in [6.07, 6.45) is 0.969. The molecule has 0 bridgehead atoms. The highest BCUT2D eigenvalue weighted by Gasteiger charge is 2.30. The number of fused-ring (bicyclic) bond motifs is 1. The Hall–Kier alpha value is -2.83. The predicted octanol–water partition coefficient (Wildman–Crippen LogP) is 4.35. The minimum Gasteiger partial charge on any atom is -0.497 e. The Kier molecular flexibility index (Phi) is 5.83. The number of carbonyl (C=O) groups is 1. The standard InChI is InChI=1S/C23H24N2O3S/c1-27-18-12-17(13-19(14-18)28-2)24-22(26)15-25-10-8-21-20(9-11-29-21)23(25)16-6-4-3-5-7-16/h3-7,9,11-14,23H,8,10,15H2,1-2H3,(H,24,26)/t23-/m1/s1. The fourth-order valence-electron chi connectivity index (χ4n) is 3.83. The molecule has 2 heterocycles. The number of hydrogen-bond donors (Lipinski definition) is 1. The summed E-state index contributed by atoms with van der Waals surface area (Å²) in [5.74, 6) is 1.23. The molecule has 4 rings (SSSR count). The van der Waals surface area contributed by atoms with Crippen molar-refractivity contribution in [3.8, 4) is 11.5 Å². The van der Waals surface area contributed by atoms with E-state index in [1.54, 1.807) is 43.8 Å². The lowest BCUT2D eigenvalue weighted by Crippen LogP contribution is -2.40. The highest BCUT2D eigenvalue weighted by Crippen LogP contribution is 2.37. The van der Waals surface area contributed by atoms with E-state index in [2.05, 4.69) is 45.9 Å². The number of amides is 1. The Labute approximate surface area is 174 Å². The van der Waals surface area contributed by atoms with Crippen molar-refractivity contribution >= 4 is 22.9 Å². The summed E-state index contributed by atoms with van der Waals surface area (Å²) in [5.41, 5.74) is 3.18. The van der Waals surface area contributed by atoms with Crippen LogP contribution in [0.1, 0.15) is 22.0 Å². The molecule has 1 amide bonds. The first-order chi connectivity index (χ1) is 14.2. The van der Waals surface area contributed by atoms with Gasteiger partial charge >= 0.3 is 0 Å². The van der Waals surface area contributed by atoms with Gasteiger partial charge in [-0.3, -0.25) is 9.69 Å². The second-order valence-electron chi connectivity index (χ2n) is 6.98. The van der Waals surface area contributed by atoms with E-state index in [1.165, 1.54) is 16.0 Å². The molecule has 1 aliphatic rings. The second kappa shape index (κ2) is 8.68. The molecule has 1 aliphatic heterocycles. The molecule has 0 saturated heterocycles. The number of anilines is 1. The zero-order valence-electron chi connectivity index (χ0n) is 16.6. The average Bonchev–Trinajstić information content (AvgIpc) is 3.22. The summed E-state index contributed by atoms with van der Waals surface area (Å²) in [7, 11) is 3.19. The van der Waals surface area contributed by atoms with E-state index in [1.807, 2.05) is 6.07 Å². The molecule has 0 aliphatic carbocycles. The highest BCUT2D eigenvalue weighted by molar-refractivity contribution is 7.10. The molecule has 150 valence electrons. The number of benzene rings is 2. The molecule has 3 aromatic rings. The molecule has 5 nitrogen and oxygen atoms in total. The normalized spacial score (nSPS) is 16.1. The van der Waals surface area contributed by atoms with Crippen LogP contribution in [0.3, 0.4) is 0 Å². The van der Waals surface area contributed by atoms with Crippen LogP contribution in [0.25, 0.3) is 0 Å². The monoisotopic (exact) mass is 408 g/mol. The zero-order chi connectivity index (χ0) is 20.2. The molecule has 0 unspecified atom stereocenters. The van der Waals surface area contributed by atoms with Crippen LogP contribution in [0.5, 0.6) is 11.5 Å². The molecule has 0 saturated carbocycles. The Bertz CT molecular complexity index is 965. The number of methoxy groups -OCH3 is 2. The molecule has 1 atom stereocenters. The topological polar surface area (TPSA) is 50.8 Å². The number of thiophene rings is 1. The largest absolute Gasteiger partial charge is 0.497 e. The van der Waals surface area contributed by atoms with E-state index in [-0.39, 0.29) is 11.9 Å². The van der Waals surface area contributed by atoms with Crippen molar-refractivity contribution < 1.29 is 14.3 Å². The van der Waals surface area contributed by atoms with E-state index >= 15 is 0 Å². The van der Waals surface area contributed by atoms with Gasteiger partial charge in [-0.1, -0.05) is 30.3 Å². The number of nitrogens with zero attached hydrogens (tertiary/aromatic N) is 1. The summed E-state index contributed by atoms with van der Waals surface area (Å²) in [6.45, 7) is 1.16. The lowest BCUT2D eigenvalue weighted by atomic mass is 9.93. The van der Waals surface area contributed by atoms with Crippen molar-refractivity contribution in [3.63, 3.8) is 0 Å². The van der Waals surface area contributed by atoms with Gasteiger partial charge in [-0.05, 0) is 29.0 Å². The first kappa shape index (κ1) is 19.5. The lowest BCUT2D eigenvalue weighted by molar-refractivity contribution is -0.117. The van der Waals surface area contributed by atoms with Crippen LogP contribution in [-0.4, -0.2) is 38.1 Å². The number of carbonyl (C=O) groups excluding carboxylic acids is 1. The van der Waals surface area contributed by atoms with Crippen LogP contribution in [0.4, 0.5) is 5.69 Å². The van der Waals surface area contributed by atoms with Crippen molar-refractivity contribution in [1.82, 2.24) is 4.90 Å². The van der Waals surface area contributed by atoms with Crippen LogP contribution in [0.2, 0.25) is 0 Å². The smallest absolute Gasteiger partial charge is 0.238 e. The Morgan fingerprint density at radius 2 is 1.83 bits per heavy atom. The SMILES string of the molecule is COc1cc(NC(=O)CN2CCc3sccc3[C@H]2c2ccccc2)cc(OC)c1. The van der Waals surface area contributed by atoms with Gasteiger partial charge < -0.3 is 14.8 Å². The van der Waals surface area contributed by atoms with Crippen LogP contribution < -0.4 is 14.8 Å². The summed E-state index contributed by atoms with van der Waals surface area (Å²) >= 11 is 1.80. The first-order valence-corrected chi connectivity index (χ1v) is 10.4. The number of ether oxygens (including phenoxy) is 2. The fourth-order valence-corrected chi connectivity index (χ4v) is 4.73. The number of rotatable bonds is 6. The van der Waals surface area contributed by atoms with Crippen LogP contribution in [0, 0.1) is 0 Å². The summed E-state index contributed by atoms with van der Waals surface area (Å²) in [6, 6.07) is 18.0. The van der Waals surface area contributed by atoms with Crippen LogP contribution >= 0.6 is 11.3 Å². The molecule has 1 N–H and O–H groups in total. The van der Waals surface area contributed by atoms with Gasteiger partial charge in [0.25, 0.3) is 0 Å². The Morgan fingerprint density at radius 1 is 1.10 bits per heavy atom. The van der Waals surface area contributed by atoms with Crippen LogP contribution in [-0.2, 0) is 11.2 Å². The van der Waals surface area contributed by atoms with Crippen molar-refractivity contribution in [2.45, 2.75) is 12.5 Å². The quantitative estimate of drug-likeness (QED) is 0.659. The van der Waals surface area contributed by atoms with Gasteiger partial charge in [0.15, 0.2) is 0 Å². The van der Waals surface area contributed by atoms with Gasteiger partial charge in [-0.25, -0.2) is 0 Å². The molecular weight excluding hydrogens is 384 g/mol. The van der Waals surface area contributed by atoms with Gasteiger partial charge in [0.2, 0.25) is 5.91 Å². The summed E-state index contributed by atoms with van der Waals surface area (Å²) in [4.78, 5) is 16.5. The van der Waals surface area contributed by atoms with Gasteiger partial charge in [-0.15, -0.1) is 11.3 Å². The third-order valence-corrected chi connectivity index (χ3v) is 6.16. The summed E-state index contributed by atoms with van der Waals surface area (Å²) < 4.78 is 10.6. The van der Waals surface area contributed by atoms with Gasteiger partial charge in [-0.2, -0.15) is 0 Å². The molecule has 29 heavy (non-hydrogen) atoms. The van der Waals surface area contributed by atoms with Crippen molar-refractivity contribution in [2.75, 3.05) is 32.6 Å². The molecule has 6 heteroatoms. The van der Waals surface area contributed by atoms with Crippen LogP contribution in [0.15, 0.2) is 60.0 Å². The van der Waals surface area contributed by atoms with E-state index in [4.69, 9.17) is 9.47 Å². The van der Waals surface area contributed by atoms with Crippen molar-refractivity contribution in [1.29, 1.82) is 0 Å². The summed E-state index contributed by atoms with van der Waals surface area (Å²) in [5, 5.41) is 5.14. The van der Waals surface area contributed by atoms with E-state index < -0.39 is 0 Å². The molecular formula is C23H24N2O3S. The predicted molar refractivity (Wildman–Crippen MR) is 116 cm³/mol. The Balaban J connectivity index is 1.54. The molecule has 0 fully saturated rings. The third-order valence-electron chi connectivity index (χ3n) is 5.16. The first-order valence-electron chi connectivity index (χ1n) is 9.56. The number of nitrogens with one attached hydrogen (secondary N) is 1. The van der Waals surface area contributed by atoms with Gasteiger partial charge in [0.1, 0.15) is 11.5 Å². The highest BCUT2D eigenvalue weighted by atomic mass is 32.1. The fraction of sp³-hybridized carbons (Fsp3) is 0.261. The average molecular weight is 409 g/mol. The van der Waals surface area contributed by atoms with Crippen molar-refractivity contribution in [3.05, 3.63) is 76.0 Å². The van der Waals surface area contributed by atoms with Crippen molar-refractivity contribution in [2.24, 2.45) is 0 Å². The second-order valence-corrected chi connectivity index (χ2v) is 7.98. The number of hydrogen-bond acceptors (Lipinski definition) is 5. The zero-order valence-corrected chi connectivity index (χ0v) is 17.4. The van der Waals surface area contributed by atoms with Gasteiger partial charge in [0.05, 0.1) is 26.8 Å². The molecule has 0 spiro atoms. The van der Waals surface area contributed by atoms with Gasteiger partial charge in [0, 0.05) is 35.3 Å². The van der Waals surface area contributed by atoms with E-state index in [0.29, 0.717) is 23.7 Å². The minimum atomic E-state index is -0.0556. The minimum absolute atomic E-state index is 0.0556. The van der Waals surface area contributed by atoms with E-state index in [0.717, 1.165) is 13.0 Å². The third kappa shape index (κ3) is 4.28. The van der Waals surface area contributed by atoms with E-state index in [9.17, 15) is 4.79 Å². The Morgan fingerprint density at radius 3 is 2.52 bits per heavy atom. The maximum atomic E-state index is 12.9. The molecule has 0 radical (unpaired) electrons. The maximum absolute atomic E-state index is 12.9. The lowest BCUT2D eigenvalue weighted by Gasteiger charge is -2.35. The molecule has 1 aromatic heterocycles.